The molecule has 0 unspecified atom stereocenters. The Kier molecular flexibility index (Phi) is 3.78. The van der Waals surface area contributed by atoms with Crippen molar-refractivity contribution in [1.82, 2.24) is 0 Å². The third-order valence-corrected chi connectivity index (χ3v) is 4.25. The Hall–Kier alpha value is -0.240. The van der Waals surface area contributed by atoms with E-state index in [4.69, 9.17) is 28.9 Å². The van der Waals surface area contributed by atoms with E-state index in [2.05, 4.69) is 0 Å². The zero-order chi connectivity index (χ0) is 11.6. The van der Waals surface area contributed by atoms with Crippen LogP contribution in [0, 0.1) is 0 Å². The van der Waals surface area contributed by atoms with Gasteiger partial charge in [0.15, 0.2) is 0 Å². The van der Waals surface area contributed by atoms with Gasteiger partial charge >= 0.3 is 0 Å². The molecule has 0 aromatic heterocycles. The number of benzene rings is 1. The molecule has 1 aliphatic rings. The molecule has 16 heavy (non-hydrogen) atoms. The average Bonchev–Trinajstić information content (AvgIpc) is 2.30. The molecule has 0 radical (unpaired) electrons. The summed E-state index contributed by atoms with van der Waals surface area (Å²) in [6, 6.07) is 5.78. The van der Waals surface area contributed by atoms with Gasteiger partial charge in [-0.05, 0) is 30.5 Å². The summed E-state index contributed by atoms with van der Waals surface area (Å²) in [5, 5.41) is 1.46. The van der Waals surface area contributed by atoms with Crippen LogP contribution in [0.2, 0.25) is 10.0 Å². The summed E-state index contributed by atoms with van der Waals surface area (Å²) < 4.78 is 0. The van der Waals surface area contributed by atoms with Crippen LogP contribution in [0.4, 0.5) is 0 Å². The van der Waals surface area contributed by atoms with E-state index in [9.17, 15) is 0 Å². The first-order valence-electron chi connectivity index (χ1n) is 5.83. The van der Waals surface area contributed by atoms with Crippen molar-refractivity contribution in [1.29, 1.82) is 0 Å². The van der Waals surface area contributed by atoms with Gasteiger partial charge in [0.05, 0.1) is 0 Å². The Bertz CT molecular complexity index is 370. The normalized spacial score (nSPS) is 19.7. The smallest absolute Gasteiger partial charge is 0.0458 e. The van der Waals surface area contributed by atoms with E-state index in [-0.39, 0.29) is 5.41 Å². The second kappa shape index (κ2) is 4.95. The van der Waals surface area contributed by atoms with Crippen LogP contribution in [0.25, 0.3) is 0 Å². The van der Waals surface area contributed by atoms with Gasteiger partial charge in [-0.2, -0.15) is 0 Å². The molecule has 0 heterocycles. The van der Waals surface area contributed by atoms with Gasteiger partial charge in [0, 0.05) is 22.0 Å². The van der Waals surface area contributed by atoms with E-state index in [0.29, 0.717) is 11.6 Å². The van der Waals surface area contributed by atoms with Gasteiger partial charge in [-0.15, -0.1) is 0 Å². The highest BCUT2D eigenvalue weighted by Gasteiger charge is 2.34. The van der Waals surface area contributed by atoms with Crippen molar-refractivity contribution < 1.29 is 0 Å². The number of hydrogen-bond donors (Lipinski definition) is 1. The first kappa shape index (κ1) is 12.2. The Morgan fingerprint density at radius 3 is 2.38 bits per heavy atom. The Labute approximate surface area is 107 Å². The van der Waals surface area contributed by atoms with Gasteiger partial charge in [-0.25, -0.2) is 0 Å². The van der Waals surface area contributed by atoms with Gasteiger partial charge < -0.3 is 5.73 Å². The third-order valence-electron chi connectivity index (χ3n) is 3.70. The average molecular weight is 258 g/mol. The summed E-state index contributed by atoms with van der Waals surface area (Å²) in [5.41, 5.74) is 7.25. The molecule has 0 atom stereocenters. The first-order chi connectivity index (χ1) is 7.68. The quantitative estimate of drug-likeness (QED) is 0.847. The van der Waals surface area contributed by atoms with Gasteiger partial charge in [0.25, 0.3) is 0 Å². The minimum absolute atomic E-state index is 0.0833. The van der Waals surface area contributed by atoms with Crippen LogP contribution in [0.15, 0.2) is 18.2 Å². The molecule has 2 rings (SSSR count). The van der Waals surface area contributed by atoms with Crippen LogP contribution in [-0.4, -0.2) is 6.54 Å². The van der Waals surface area contributed by atoms with Crippen LogP contribution < -0.4 is 5.73 Å². The molecule has 0 amide bonds. The minimum atomic E-state index is 0.0833. The zero-order valence-electron chi connectivity index (χ0n) is 9.31. The molecule has 1 fully saturated rings. The van der Waals surface area contributed by atoms with E-state index in [1.54, 1.807) is 0 Å². The lowest BCUT2D eigenvalue weighted by molar-refractivity contribution is 0.301. The highest BCUT2D eigenvalue weighted by atomic mass is 35.5. The maximum absolute atomic E-state index is 6.29. The SMILES string of the molecule is NCC1(c2ccc(Cl)cc2Cl)CCCCC1. The number of nitrogens with two attached hydrogens (primary N) is 1. The van der Waals surface area contributed by atoms with Crippen LogP contribution >= 0.6 is 23.2 Å². The lowest BCUT2D eigenvalue weighted by Crippen LogP contribution is -2.37. The highest BCUT2D eigenvalue weighted by Crippen LogP contribution is 2.42. The topological polar surface area (TPSA) is 26.0 Å². The Morgan fingerprint density at radius 2 is 1.81 bits per heavy atom. The molecule has 0 bridgehead atoms. The van der Waals surface area contributed by atoms with Crippen molar-refractivity contribution >= 4 is 23.2 Å². The van der Waals surface area contributed by atoms with Gasteiger partial charge in [0.1, 0.15) is 0 Å². The second-order valence-electron chi connectivity index (χ2n) is 4.67. The Morgan fingerprint density at radius 1 is 1.12 bits per heavy atom. The molecule has 1 aromatic rings. The molecular weight excluding hydrogens is 241 g/mol. The number of rotatable bonds is 2. The maximum Gasteiger partial charge on any atom is 0.0458 e. The van der Waals surface area contributed by atoms with E-state index in [1.165, 1.54) is 24.8 Å². The molecule has 0 aliphatic heterocycles. The molecule has 1 aromatic carbocycles. The van der Waals surface area contributed by atoms with Crippen molar-refractivity contribution in [2.24, 2.45) is 5.73 Å². The molecule has 0 spiro atoms. The molecule has 1 saturated carbocycles. The lowest BCUT2D eigenvalue weighted by Gasteiger charge is -2.37. The summed E-state index contributed by atoms with van der Waals surface area (Å²) in [5.74, 6) is 0. The summed E-state index contributed by atoms with van der Waals surface area (Å²) in [6.07, 6.45) is 6.09. The van der Waals surface area contributed by atoms with Crippen molar-refractivity contribution in [3.05, 3.63) is 33.8 Å². The molecule has 1 nitrogen and oxygen atoms in total. The molecule has 88 valence electrons. The summed E-state index contributed by atoms with van der Waals surface area (Å²) in [6.45, 7) is 0.675. The van der Waals surface area contributed by atoms with Crippen molar-refractivity contribution in [3.8, 4) is 0 Å². The van der Waals surface area contributed by atoms with Crippen LogP contribution in [0.1, 0.15) is 37.7 Å². The second-order valence-corrected chi connectivity index (χ2v) is 5.51. The molecule has 1 aliphatic carbocycles. The van der Waals surface area contributed by atoms with Crippen LogP contribution in [0.3, 0.4) is 0 Å². The van der Waals surface area contributed by atoms with Crippen molar-refractivity contribution in [3.63, 3.8) is 0 Å². The predicted molar refractivity (Wildman–Crippen MR) is 70.3 cm³/mol. The predicted octanol–water partition coefficient (Wildman–Crippen LogP) is 4.15. The van der Waals surface area contributed by atoms with Crippen molar-refractivity contribution in [2.75, 3.05) is 6.54 Å². The summed E-state index contributed by atoms with van der Waals surface area (Å²) in [4.78, 5) is 0. The minimum Gasteiger partial charge on any atom is -0.330 e. The highest BCUT2D eigenvalue weighted by molar-refractivity contribution is 6.35. The fourth-order valence-electron chi connectivity index (χ4n) is 2.73. The standard InChI is InChI=1S/C13H17Cl2N/c14-10-4-5-11(12(15)8-10)13(9-16)6-2-1-3-7-13/h4-5,8H,1-3,6-7,9,16H2. The molecule has 0 saturated heterocycles. The monoisotopic (exact) mass is 257 g/mol. The van der Waals surface area contributed by atoms with Crippen LogP contribution in [-0.2, 0) is 5.41 Å². The number of halogens is 2. The fourth-order valence-corrected chi connectivity index (χ4v) is 3.34. The van der Waals surface area contributed by atoms with Gasteiger partial charge in [-0.1, -0.05) is 48.5 Å². The molecular formula is C13H17Cl2N. The summed E-state index contributed by atoms with van der Waals surface area (Å²) in [7, 11) is 0. The zero-order valence-corrected chi connectivity index (χ0v) is 10.8. The lowest BCUT2D eigenvalue weighted by atomic mass is 9.69. The van der Waals surface area contributed by atoms with Gasteiger partial charge in [-0.3, -0.25) is 0 Å². The third kappa shape index (κ3) is 2.22. The molecule has 2 N–H and O–H groups in total. The first-order valence-corrected chi connectivity index (χ1v) is 6.59. The van der Waals surface area contributed by atoms with Gasteiger partial charge in [0.2, 0.25) is 0 Å². The Balaban J connectivity index is 2.39. The van der Waals surface area contributed by atoms with Crippen molar-refractivity contribution in [2.45, 2.75) is 37.5 Å². The van der Waals surface area contributed by atoms with E-state index >= 15 is 0 Å². The maximum atomic E-state index is 6.29. The fraction of sp³-hybridized carbons (Fsp3) is 0.538. The van der Waals surface area contributed by atoms with Crippen LogP contribution in [0.5, 0.6) is 0 Å². The van der Waals surface area contributed by atoms with E-state index in [0.717, 1.165) is 17.9 Å². The molecule has 3 heteroatoms. The number of hydrogen-bond acceptors (Lipinski definition) is 1. The summed E-state index contributed by atoms with van der Waals surface area (Å²) >= 11 is 12.2. The van der Waals surface area contributed by atoms with E-state index in [1.807, 2.05) is 18.2 Å². The van der Waals surface area contributed by atoms with E-state index < -0.39 is 0 Å². The largest absolute Gasteiger partial charge is 0.330 e.